The Hall–Kier alpha value is -1.32. The van der Waals surface area contributed by atoms with Crippen molar-refractivity contribution in [1.29, 1.82) is 0 Å². The highest BCUT2D eigenvalue weighted by molar-refractivity contribution is 7.91. The maximum atomic E-state index is 11.4. The summed E-state index contributed by atoms with van der Waals surface area (Å²) in [4.78, 5) is 32.7. The predicted octanol–water partition coefficient (Wildman–Crippen LogP) is -1.48. The molecule has 0 aromatic heterocycles. The van der Waals surface area contributed by atoms with Crippen molar-refractivity contribution in [3.05, 3.63) is 0 Å². The van der Waals surface area contributed by atoms with Crippen LogP contribution in [0.15, 0.2) is 0 Å². The first-order valence-corrected chi connectivity index (χ1v) is 7.12. The molecule has 0 saturated carbocycles. The second kappa shape index (κ2) is 8.73. The van der Waals surface area contributed by atoms with Crippen LogP contribution in [0.25, 0.3) is 0 Å². The number of carboxylic acids is 2. The standard InChI is InChI=1S/C10H18N2O6S/c1-2-19(18)5-7(10(16)17)12-8(13)4-3-6(11)9(14)15/h6-7H,2-5,11H2,1H3,(H,12,13)(H,14,15)(H,16,17). The van der Waals surface area contributed by atoms with Crippen LogP contribution in [-0.2, 0) is 25.6 Å². The molecule has 3 atom stereocenters. The first-order chi connectivity index (χ1) is 8.77. The van der Waals surface area contributed by atoms with E-state index in [4.69, 9.17) is 15.9 Å². The van der Waals surface area contributed by atoms with Crippen molar-refractivity contribution in [3.63, 3.8) is 0 Å². The van der Waals surface area contributed by atoms with Crippen LogP contribution < -0.4 is 11.1 Å². The van der Waals surface area contributed by atoms with E-state index in [0.29, 0.717) is 5.75 Å². The Balaban J connectivity index is 4.25. The Kier molecular flexibility index (Phi) is 8.12. The number of nitrogens with two attached hydrogens (primary N) is 1. The molecule has 0 aliphatic heterocycles. The number of carbonyl (C=O) groups excluding carboxylic acids is 1. The maximum absolute atomic E-state index is 11.4. The Morgan fingerprint density at radius 1 is 1.32 bits per heavy atom. The Morgan fingerprint density at radius 3 is 2.32 bits per heavy atom. The first-order valence-electron chi connectivity index (χ1n) is 5.63. The highest BCUT2D eigenvalue weighted by atomic mass is 32.2. The second-order valence-corrected chi connectivity index (χ2v) is 5.63. The smallest absolute Gasteiger partial charge is 0.331 e. The molecule has 0 radical (unpaired) electrons. The van der Waals surface area contributed by atoms with Crippen LogP contribution in [0.3, 0.4) is 0 Å². The van der Waals surface area contributed by atoms with Gasteiger partial charge in [-0.1, -0.05) is 11.2 Å². The number of nitrogens with one attached hydrogen (secondary N) is 1. The van der Waals surface area contributed by atoms with E-state index >= 15 is 0 Å². The average Bonchev–Trinajstić information content (AvgIpc) is 2.34. The van der Waals surface area contributed by atoms with Crippen LogP contribution in [0.1, 0.15) is 19.8 Å². The quantitative estimate of drug-likeness (QED) is 0.378. The maximum Gasteiger partial charge on any atom is 0.331 e. The zero-order valence-corrected chi connectivity index (χ0v) is 11.3. The minimum Gasteiger partial charge on any atom is -0.616 e. The van der Waals surface area contributed by atoms with Gasteiger partial charge in [-0.05, 0) is 13.3 Å². The molecule has 0 saturated heterocycles. The van der Waals surface area contributed by atoms with Crippen LogP contribution in [0.4, 0.5) is 0 Å². The SMILES string of the molecule is CC[S+]([O-])CC(NC(=O)CCC(N)C(=O)O)C(=O)O. The van der Waals surface area contributed by atoms with Crippen molar-refractivity contribution in [2.24, 2.45) is 5.73 Å². The van der Waals surface area contributed by atoms with Gasteiger partial charge in [-0.3, -0.25) is 9.59 Å². The summed E-state index contributed by atoms with van der Waals surface area (Å²) in [6, 6.07) is -2.41. The van der Waals surface area contributed by atoms with Gasteiger partial charge in [-0.2, -0.15) is 0 Å². The lowest BCUT2D eigenvalue weighted by atomic mass is 10.1. The molecule has 0 bridgehead atoms. The topological polar surface area (TPSA) is 153 Å². The zero-order chi connectivity index (χ0) is 15.0. The molecule has 0 rings (SSSR count). The van der Waals surface area contributed by atoms with E-state index in [2.05, 4.69) is 5.32 Å². The third kappa shape index (κ3) is 7.65. The Bertz CT molecular complexity index is 338. The molecule has 0 aromatic carbocycles. The van der Waals surface area contributed by atoms with Crippen molar-refractivity contribution in [2.75, 3.05) is 11.5 Å². The van der Waals surface area contributed by atoms with E-state index in [1.165, 1.54) is 0 Å². The lowest BCUT2D eigenvalue weighted by Gasteiger charge is -2.16. The third-order valence-corrected chi connectivity index (χ3v) is 3.66. The van der Waals surface area contributed by atoms with Gasteiger partial charge in [-0.15, -0.1) is 0 Å². The van der Waals surface area contributed by atoms with Gasteiger partial charge < -0.3 is 25.8 Å². The zero-order valence-electron chi connectivity index (χ0n) is 10.5. The summed E-state index contributed by atoms with van der Waals surface area (Å²) >= 11 is -1.33. The summed E-state index contributed by atoms with van der Waals surface area (Å²) in [7, 11) is 0. The van der Waals surface area contributed by atoms with Gasteiger partial charge in [0.25, 0.3) is 0 Å². The lowest BCUT2D eigenvalue weighted by Crippen LogP contribution is -2.46. The van der Waals surface area contributed by atoms with Gasteiger partial charge in [-0.25, -0.2) is 4.79 Å². The normalized spacial score (nSPS) is 15.3. The summed E-state index contributed by atoms with van der Waals surface area (Å²) in [6.45, 7) is 1.64. The van der Waals surface area contributed by atoms with Crippen molar-refractivity contribution in [2.45, 2.75) is 31.8 Å². The van der Waals surface area contributed by atoms with Gasteiger partial charge >= 0.3 is 11.9 Å². The molecule has 0 aliphatic carbocycles. The molecule has 0 heterocycles. The minimum absolute atomic E-state index is 0.0929. The molecule has 1 amide bonds. The molecule has 0 spiro atoms. The molecular formula is C10H18N2O6S. The van der Waals surface area contributed by atoms with Crippen molar-refractivity contribution >= 4 is 29.0 Å². The van der Waals surface area contributed by atoms with E-state index in [0.717, 1.165) is 0 Å². The van der Waals surface area contributed by atoms with Gasteiger partial charge in [0.1, 0.15) is 17.5 Å². The van der Waals surface area contributed by atoms with E-state index in [1.807, 2.05) is 0 Å². The Morgan fingerprint density at radius 2 is 1.89 bits per heavy atom. The average molecular weight is 294 g/mol. The highest BCUT2D eigenvalue weighted by Gasteiger charge is 2.25. The summed E-state index contributed by atoms with van der Waals surface area (Å²) in [5.41, 5.74) is 5.21. The highest BCUT2D eigenvalue weighted by Crippen LogP contribution is 1.99. The number of hydrogen-bond donors (Lipinski definition) is 4. The number of rotatable bonds is 9. The van der Waals surface area contributed by atoms with Crippen molar-refractivity contribution in [1.82, 2.24) is 5.32 Å². The van der Waals surface area contributed by atoms with E-state index in [1.54, 1.807) is 6.92 Å². The molecule has 3 unspecified atom stereocenters. The lowest BCUT2D eigenvalue weighted by molar-refractivity contribution is -0.141. The number of amides is 1. The summed E-state index contributed by atoms with van der Waals surface area (Å²) < 4.78 is 11.3. The molecule has 0 fully saturated rings. The predicted molar refractivity (Wildman–Crippen MR) is 68.0 cm³/mol. The number of carboxylic acid groups (broad SMARTS) is 2. The third-order valence-electron chi connectivity index (χ3n) is 2.31. The monoisotopic (exact) mass is 294 g/mol. The molecule has 5 N–H and O–H groups in total. The molecule has 9 heteroatoms. The summed E-state index contributed by atoms with van der Waals surface area (Å²) in [6.07, 6.45) is -0.291. The van der Waals surface area contributed by atoms with E-state index in [-0.39, 0.29) is 18.6 Å². The number of aliphatic carboxylic acids is 2. The fraction of sp³-hybridized carbons (Fsp3) is 0.700. The van der Waals surface area contributed by atoms with Crippen LogP contribution in [0.5, 0.6) is 0 Å². The van der Waals surface area contributed by atoms with Crippen LogP contribution in [-0.4, -0.2) is 56.2 Å². The van der Waals surface area contributed by atoms with Crippen LogP contribution in [0.2, 0.25) is 0 Å². The van der Waals surface area contributed by atoms with Crippen molar-refractivity contribution < 1.29 is 29.1 Å². The van der Waals surface area contributed by atoms with Gasteiger partial charge in [0.2, 0.25) is 5.91 Å². The molecule has 19 heavy (non-hydrogen) atoms. The molecular weight excluding hydrogens is 276 g/mol. The molecule has 8 nitrogen and oxygen atoms in total. The first kappa shape index (κ1) is 17.7. The second-order valence-electron chi connectivity index (χ2n) is 3.84. The largest absolute Gasteiger partial charge is 0.616 e. The van der Waals surface area contributed by atoms with Gasteiger partial charge in [0.05, 0.1) is 0 Å². The summed E-state index contributed by atoms with van der Waals surface area (Å²) in [5, 5.41) is 19.6. The van der Waals surface area contributed by atoms with Gasteiger partial charge in [0, 0.05) is 6.42 Å². The van der Waals surface area contributed by atoms with Crippen LogP contribution >= 0.6 is 0 Å². The van der Waals surface area contributed by atoms with Crippen molar-refractivity contribution in [3.8, 4) is 0 Å². The number of carbonyl (C=O) groups is 3. The minimum atomic E-state index is -1.33. The fourth-order valence-electron chi connectivity index (χ4n) is 1.16. The van der Waals surface area contributed by atoms with E-state index < -0.39 is 41.1 Å². The van der Waals surface area contributed by atoms with E-state index in [9.17, 15) is 18.9 Å². The van der Waals surface area contributed by atoms with Gasteiger partial charge in [0.15, 0.2) is 6.04 Å². The molecule has 110 valence electrons. The fourth-order valence-corrected chi connectivity index (χ4v) is 1.99. The van der Waals surface area contributed by atoms with Crippen LogP contribution in [0, 0.1) is 0 Å². The Labute approximate surface area is 113 Å². The molecule has 0 aliphatic rings. The number of hydrogen-bond acceptors (Lipinski definition) is 5. The summed E-state index contributed by atoms with van der Waals surface area (Å²) in [5.74, 6) is -3.02. The molecule has 0 aromatic rings.